The Bertz CT molecular complexity index is 2050. The second-order valence-electron chi connectivity index (χ2n) is 16.2. The molecule has 4 heterocycles. The van der Waals surface area contributed by atoms with Gasteiger partial charge in [-0.1, -0.05) is 59.6 Å². The van der Waals surface area contributed by atoms with Crippen LogP contribution in [0.2, 0.25) is 16.6 Å². The third-order valence-corrected chi connectivity index (χ3v) is 17.1. The quantitative estimate of drug-likeness (QED) is 0.0764. The van der Waals surface area contributed by atoms with Crippen molar-refractivity contribution in [3.05, 3.63) is 54.0 Å². The molecule has 4 aromatic rings. The van der Waals surface area contributed by atoms with Crippen LogP contribution in [-0.4, -0.2) is 78.7 Å². The number of pyridine rings is 1. The summed E-state index contributed by atoms with van der Waals surface area (Å²) in [5, 5.41) is 1.80. The minimum Gasteiger partial charge on any atom is -0.468 e. The largest absolute Gasteiger partial charge is 0.468 e. The zero-order valence-electron chi connectivity index (χ0n) is 32.5. The highest BCUT2D eigenvalue weighted by Gasteiger charge is 2.45. The van der Waals surface area contributed by atoms with E-state index in [9.17, 15) is 4.79 Å². The van der Waals surface area contributed by atoms with Crippen LogP contribution >= 0.6 is 0 Å². The fraction of sp³-hybridized carbons (Fsp3) is 0.512. The lowest BCUT2D eigenvalue weighted by Gasteiger charge is -2.42. The number of aromatic nitrogens is 3. The predicted octanol–water partition coefficient (Wildman–Crippen LogP) is 9.26. The van der Waals surface area contributed by atoms with Crippen molar-refractivity contribution in [3.8, 4) is 28.5 Å². The van der Waals surface area contributed by atoms with E-state index in [0.29, 0.717) is 41.0 Å². The number of methoxy groups -OCH3 is 1. The summed E-state index contributed by atoms with van der Waals surface area (Å²) < 4.78 is 49.1. The molecule has 2 fully saturated rings. The molecule has 2 aromatic carbocycles. The maximum Gasteiger partial charge on any atom is 0.410 e. The normalized spacial score (nSPS) is 17.6. The second kappa shape index (κ2) is 14.8. The molecule has 0 aliphatic carbocycles. The molecule has 2 saturated heterocycles. The molecule has 0 unspecified atom stereocenters. The summed E-state index contributed by atoms with van der Waals surface area (Å²) in [6.07, 6.45) is 1.66. The van der Waals surface area contributed by atoms with Crippen LogP contribution < -0.4 is 9.64 Å². The number of carbonyl (C=O) groups excluding carboxylic acids is 1. The third kappa shape index (κ3) is 7.30. The predicted molar refractivity (Wildman–Crippen MR) is 208 cm³/mol. The van der Waals surface area contributed by atoms with Gasteiger partial charge in [0.15, 0.2) is 12.6 Å². The zero-order valence-corrected chi connectivity index (χ0v) is 33.5. The van der Waals surface area contributed by atoms with E-state index in [1.165, 1.54) is 13.3 Å². The van der Waals surface area contributed by atoms with E-state index in [2.05, 4.69) is 63.0 Å². The first-order chi connectivity index (χ1) is 25.0. The van der Waals surface area contributed by atoms with Crippen LogP contribution in [-0.2, 0) is 9.47 Å². The van der Waals surface area contributed by atoms with Gasteiger partial charge in [-0.05, 0) is 73.8 Å². The molecule has 0 radical (unpaired) electrons. The summed E-state index contributed by atoms with van der Waals surface area (Å²) in [7, 11) is -0.579. The van der Waals surface area contributed by atoms with Gasteiger partial charge in [-0.25, -0.2) is 9.18 Å². The highest BCUT2D eigenvalue weighted by Crippen LogP contribution is 2.42. The number of fused-ring (bicyclic) bond motifs is 4. The van der Waals surface area contributed by atoms with Crippen LogP contribution in [0, 0.1) is 23.4 Å². The Morgan fingerprint density at radius 1 is 1.00 bits per heavy atom. The standard InChI is InChI=1S/C41H51F2N5O4Si/c1-24(2)53(25(3)4,26(5)6)17-16-27-12-11-13-28-18-31(51-23-50-10)19-32(34(27)28)36-35(42)37-33(20-44-36)38(46-39(43)45-37)47-21-29-14-15-30(22-47)48(29)40(49)52-41(7,8)9/h11-13,18-20,24-26,29-30H,14-15,21-23H2,1-10H3/t29-,30+. The number of halogens is 2. The van der Waals surface area contributed by atoms with Crippen molar-refractivity contribution in [1.29, 1.82) is 0 Å². The lowest BCUT2D eigenvalue weighted by molar-refractivity contribution is 0.0122. The molecule has 0 spiro atoms. The van der Waals surface area contributed by atoms with Gasteiger partial charge in [-0.15, -0.1) is 5.54 Å². The second-order valence-corrected chi connectivity index (χ2v) is 21.8. The van der Waals surface area contributed by atoms with Crippen LogP contribution in [0.25, 0.3) is 32.9 Å². The average Bonchev–Trinajstić information content (AvgIpc) is 3.35. The summed E-state index contributed by atoms with van der Waals surface area (Å²) in [5.41, 5.74) is 5.50. The highest BCUT2D eigenvalue weighted by molar-refractivity contribution is 6.90. The van der Waals surface area contributed by atoms with E-state index in [4.69, 9.17) is 19.2 Å². The Morgan fingerprint density at radius 2 is 1.66 bits per heavy atom. The number of benzene rings is 2. The Balaban J connectivity index is 1.48. The number of rotatable bonds is 8. The maximum absolute atomic E-state index is 17.0. The Labute approximate surface area is 312 Å². The van der Waals surface area contributed by atoms with E-state index < -0.39 is 25.6 Å². The Morgan fingerprint density at radius 3 is 2.26 bits per heavy atom. The van der Waals surface area contributed by atoms with Gasteiger partial charge in [-0.3, -0.25) is 9.88 Å². The van der Waals surface area contributed by atoms with E-state index in [1.807, 2.05) is 49.9 Å². The molecule has 2 atom stereocenters. The van der Waals surface area contributed by atoms with Crippen LogP contribution in [0.1, 0.15) is 80.7 Å². The molecule has 2 aliphatic rings. The van der Waals surface area contributed by atoms with Gasteiger partial charge in [0.2, 0.25) is 0 Å². The number of hydrogen-bond acceptors (Lipinski definition) is 8. The molecular formula is C41H51F2N5O4Si. The van der Waals surface area contributed by atoms with Crippen molar-refractivity contribution in [1.82, 2.24) is 19.9 Å². The van der Waals surface area contributed by atoms with Gasteiger partial charge >= 0.3 is 12.2 Å². The molecule has 12 heteroatoms. The molecule has 2 aromatic heterocycles. The number of anilines is 1. The number of carbonyl (C=O) groups is 1. The van der Waals surface area contributed by atoms with Gasteiger partial charge < -0.3 is 19.1 Å². The molecule has 6 rings (SSSR count). The van der Waals surface area contributed by atoms with Gasteiger partial charge in [0.25, 0.3) is 0 Å². The highest BCUT2D eigenvalue weighted by atomic mass is 28.3. The van der Waals surface area contributed by atoms with Gasteiger partial charge in [-0.2, -0.15) is 14.4 Å². The summed E-state index contributed by atoms with van der Waals surface area (Å²) >= 11 is 0. The van der Waals surface area contributed by atoms with E-state index in [-0.39, 0.29) is 47.4 Å². The SMILES string of the molecule is COCOc1cc(-c2ncc3c(N4C[C@H]5CC[C@@H](C4)N5C(=O)OC(C)(C)C)nc(F)nc3c2F)c2c(C#C[Si](C(C)C)(C(C)C)C(C)C)cccc2c1. The fourth-order valence-corrected chi connectivity index (χ4v) is 13.9. The van der Waals surface area contributed by atoms with Crippen molar-refractivity contribution in [3.63, 3.8) is 0 Å². The topological polar surface area (TPSA) is 89.9 Å². The first-order valence-corrected chi connectivity index (χ1v) is 20.8. The number of hydrogen-bond donors (Lipinski definition) is 0. The van der Waals surface area contributed by atoms with Crippen molar-refractivity contribution < 1.29 is 27.8 Å². The number of ether oxygens (including phenoxy) is 3. The summed E-state index contributed by atoms with van der Waals surface area (Å²) in [6, 6.07) is 9.13. The van der Waals surface area contributed by atoms with Gasteiger partial charge in [0.1, 0.15) is 36.5 Å². The van der Waals surface area contributed by atoms with E-state index in [0.717, 1.165) is 29.2 Å². The summed E-state index contributed by atoms with van der Waals surface area (Å²) in [5.74, 6) is 3.50. The number of piperazine rings is 1. The molecule has 0 saturated carbocycles. The third-order valence-electron chi connectivity index (χ3n) is 10.9. The molecule has 2 bridgehead atoms. The van der Waals surface area contributed by atoms with Crippen molar-refractivity contribution in [2.24, 2.45) is 0 Å². The molecule has 1 amide bonds. The Kier molecular flexibility index (Phi) is 10.7. The summed E-state index contributed by atoms with van der Waals surface area (Å²) in [6.45, 7) is 19.9. The molecule has 9 nitrogen and oxygen atoms in total. The minimum atomic E-state index is -2.11. The first-order valence-electron chi connectivity index (χ1n) is 18.6. The smallest absolute Gasteiger partial charge is 0.410 e. The lowest BCUT2D eigenvalue weighted by atomic mass is 9.96. The van der Waals surface area contributed by atoms with E-state index >= 15 is 8.78 Å². The van der Waals surface area contributed by atoms with Crippen LogP contribution in [0.4, 0.5) is 19.4 Å². The van der Waals surface area contributed by atoms with E-state index in [1.54, 1.807) is 11.0 Å². The van der Waals surface area contributed by atoms with Gasteiger partial charge in [0.05, 0.1) is 17.5 Å². The molecular weight excluding hydrogens is 693 g/mol. The molecule has 282 valence electrons. The minimum absolute atomic E-state index is 0.00133. The first kappa shape index (κ1) is 38.4. The summed E-state index contributed by atoms with van der Waals surface area (Å²) in [4.78, 5) is 29.6. The molecule has 2 aliphatic heterocycles. The number of amides is 1. The van der Waals surface area contributed by atoms with Crippen molar-refractivity contribution >= 4 is 41.7 Å². The van der Waals surface area contributed by atoms with Gasteiger partial charge in [0, 0.05) is 42.9 Å². The maximum atomic E-state index is 17.0. The zero-order chi connectivity index (χ0) is 38.4. The van der Waals surface area contributed by atoms with Crippen LogP contribution in [0.3, 0.4) is 0 Å². The number of nitrogens with zero attached hydrogens (tertiary/aromatic N) is 5. The van der Waals surface area contributed by atoms with Crippen molar-refractivity contribution in [2.45, 2.75) is 109 Å². The van der Waals surface area contributed by atoms with Crippen LogP contribution in [0.15, 0.2) is 36.5 Å². The monoisotopic (exact) mass is 743 g/mol. The Hall–Kier alpha value is -4.34. The van der Waals surface area contributed by atoms with Crippen molar-refractivity contribution in [2.75, 3.05) is 31.9 Å². The molecule has 53 heavy (non-hydrogen) atoms. The fourth-order valence-electron chi connectivity index (χ4n) is 8.64. The average molecular weight is 744 g/mol. The van der Waals surface area contributed by atoms with Crippen LogP contribution in [0.5, 0.6) is 5.75 Å². The lowest BCUT2D eigenvalue weighted by Crippen LogP contribution is -2.57. The molecule has 0 N–H and O–H groups in total.